The molecule has 1 unspecified atom stereocenters. The van der Waals surface area contributed by atoms with Gasteiger partial charge in [-0.15, -0.1) is 0 Å². The van der Waals surface area contributed by atoms with E-state index in [9.17, 15) is 13.2 Å². The van der Waals surface area contributed by atoms with Gasteiger partial charge in [-0.2, -0.15) is 13.5 Å². The Morgan fingerprint density at radius 2 is 1.82 bits per heavy atom. The first kappa shape index (κ1) is 24.5. The quantitative estimate of drug-likeness (QED) is 0.611. The number of hydrogen-bond donors (Lipinski definition) is 2. The topological polar surface area (TPSA) is 99.6 Å². The first-order valence-corrected chi connectivity index (χ1v) is 12.7. The summed E-state index contributed by atoms with van der Waals surface area (Å²) in [6, 6.07) is 1.68. The SMILES string of the molecule is CN1CCC1CN(c1cnn(C)c1)S(=O)(=O)NC(=O)Nc1c2c(cc3c1CCC3)CCC2.[Na]. The van der Waals surface area contributed by atoms with Crippen LogP contribution in [0.2, 0.25) is 0 Å². The molecule has 0 saturated carbocycles. The summed E-state index contributed by atoms with van der Waals surface area (Å²) >= 11 is 0. The van der Waals surface area contributed by atoms with Gasteiger partial charge in [0, 0.05) is 54.5 Å². The average Bonchev–Trinajstić information content (AvgIpc) is 3.47. The van der Waals surface area contributed by atoms with Crippen molar-refractivity contribution in [2.45, 2.75) is 51.0 Å². The number of carbonyl (C=O) groups excluding carboxylic acids is 1. The standard InChI is InChI=1S/C22H30N6O3S.Na/c1-26-10-9-17(26)14-28(18-12-23-27(2)13-18)32(30,31)25-22(29)24-21-19-7-3-5-15(19)11-16-6-4-8-20(16)21;/h11-13,17H,3-10,14H2,1-2H3,(H2,24,25,29);. The molecule has 1 fully saturated rings. The molecule has 2 N–H and O–H groups in total. The third kappa shape index (κ3) is 4.81. The van der Waals surface area contributed by atoms with E-state index in [1.165, 1.54) is 32.8 Å². The Labute approximate surface area is 217 Å². The van der Waals surface area contributed by atoms with Crippen molar-refractivity contribution in [3.05, 3.63) is 40.7 Å². The zero-order valence-corrected chi connectivity index (χ0v) is 22.4. The van der Waals surface area contributed by atoms with Crippen LogP contribution in [0.4, 0.5) is 16.2 Å². The molecule has 0 spiro atoms. The molecule has 1 aromatic heterocycles. The van der Waals surface area contributed by atoms with Crippen molar-refractivity contribution in [1.29, 1.82) is 0 Å². The van der Waals surface area contributed by atoms with Crippen LogP contribution in [0.1, 0.15) is 41.5 Å². The molecule has 2 amide bonds. The number of carbonyl (C=O) groups is 1. The molecule has 2 heterocycles. The molecule has 1 aromatic carbocycles. The number of benzene rings is 1. The van der Waals surface area contributed by atoms with E-state index < -0.39 is 16.2 Å². The molecule has 9 nitrogen and oxygen atoms in total. The van der Waals surface area contributed by atoms with Gasteiger partial charge >= 0.3 is 16.2 Å². The van der Waals surface area contributed by atoms with Gasteiger partial charge in [-0.25, -0.2) is 13.8 Å². The van der Waals surface area contributed by atoms with Crippen molar-refractivity contribution < 1.29 is 13.2 Å². The largest absolute Gasteiger partial charge is 0.334 e. The maximum atomic E-state index is 13.3. The number of aryl methyl sites for hydroxylation is 3. The summed E-state index contributed by atoms with van der Waals surface area (Å²) < 4.78 is 31.6. The second-order valence-electron chi connectivity index (χ2n) is 9.12. The normalized spacial score (nSPS) is 19.3. The van der Waals surface area contributed by atoms with Crippen molar-refractivity contribution in [3.8, 4) is 0 Å². The molecule has 2 aromatic rings. The number of likely N-dealkylation sites (tertiary alicyclic amines) is 1. The van der Waals surface area contributed by atoms with E-state index in [2.05, 4.69) is 26.1 Å². The van der Waals surface area contributed by atoms with Crippen LogP contribution in [0, 0.1) is 0 Å². The second-order valence-corrected chi connectivity index (χ2v) is 10.7. The minimum Gasteiger partial charge on any atom is -0.307 e. The number of hydrogen-bond acceptors (Lipinski definition) is 5. The molecule has 0 bridgehead atoms. The molecule has 3 aliphatic rings. The van der Waals surface area contributed by atoms with Crippen LogP contribution in [-0.2, 0) is 42.9 Å². The van der Waals surface area contributed by atoms with Crippen LogP contribution < -0.4 is 14.3 Å². The minimum absolute atomic E-state index is 0. The maximum absolute atomic E-state index is 13.3. The first-order valence-electron chi connectivity index (χ1n) is 11.3. The predicted molar refractivity (Wildman–Crippen MR) is 129 cm³/mol. The molecule has 2 aliphatic carbocycles. The molecule has 1 aliphatic heterocycles. The average molecular weight is 482 g/mol. The number of anilines is 2. The third-order valence-electron chi connectivity index (χ3n) is 7.02. The Hall–Kier alpha value is -1.59. The third-order valence-corrected chi connectivity index (χ3v) is 8.40. The Kier molecular flexibility index (Phi) is 7.12. The van der Waals surface area contributed by atoms with Crippen molar-refractivity contribution >= 4 is 57.2 Å². The molecular formula is C22H30N6NaO3S. The van der Waals surface area contributed by atoms with E-state index in [0.717, 1.165) is 57.2 Å². The number of nitrogens with one attached hydrogen (secondary N) is 2. The fraction of sp³-hybridized carbons (Fsp3) is 0.545. The monoisotopic (exact) mass is 481 g/mol. The number of urea groups is 1. The van der Waals surface area contributed by atoms with Crippen LogP contribution in [0.15, 0.2) is 18.5 Å². The van der Waals surface area contributed by atoms with Crippen LogP contribution in [0.3, 0.4) is 0 Å². The van der Waals surface area contributed by atoms with Gasteiger partial charge in [-0.3, -0.25) is 4.68 Å². The number of fused-ring (bicyclic) bond motifs is 2. The zero-order valence-electron chi connectivity index (χ0n) is 19.6. The summed E-state index contributed by atoms with van der Waals surface area (Å²) in [7, 11) is -0.405. The van der Waals surface area contributed by atoms with E-state index in [1.54, 1.807) is 17.9 Å². The van der Waals surface area contributed by atoms with Crippen LogP contribution in [0.5, 0.6) is 0 Å². The minimum atomic E-state index is -4.11. The molecular weight excluding hydrogens is 451 g/mol. The van der Waals surface area contributed by atoms with Crippen LogP contribution in [-0.4, -0.2) is 84.9 Å². The number of nitrogens with zero attached hydrogens (tertiary/aromatic N) is 4. The molecule has 1 radical (unpaired) electrons. The predicted octanol–water partition coefficient (Wildman–Crippen LogP) is 1.59. The Morgan fingerprint density at radius 1 is 1.15 bits per heavy atom. The van der Waals surface area contributed by atoms with Crippen molar-refractivity contribution in [1.82, 2.24) is 19.4 Å². The smallest absolute Gasteiger partial charge is 0.307 e. The molecule has 5 rings (SSSR count). The number of aromatic nitrogens is 2. The van der Waals surface area contributed by atoms with E-state index in [0.29, 0.717) is 5.69 Å². The van der Waals surface area contributed by atoms with Crippen molar-refractivity contribution in [3.63, 3.8) is 0 Å². The van der Waals surface area contributed by atoms with Crippen molar-refractivity contribution in [2.75, 3.05) is 29.8 Å². The molecule has 1 saturated heterocycles. The summed E-state index contributed by atoms with van der Waals surface area (Å²) in [4.78, 5) is 15.0. The van der Waals surface area contributed by atoms with Gasteiger partial charge in [0.15, 0.2) is 0 Å². The summed E-state index contributed by atoms with van der Waals surface area (Å²) in [6.45, 7) is 1.20. The molecule has 33 heavy (non-hydrogen) atoms. The van der Waals surface area contributed by atoms with E-state index in [4.69, 9.17) is 0 Å². The number of amides is 2. The summed E-state index contributed by atoms with van der Waals surface area (Å²) in [5.41, 5.74) is 6.17. The second kappa shape index (κ2) is 9.58. The maximum Gasteiger partial charge on any atom is 0.334 e. The van der Waals surface area contributed by atoms with Gasteiger partial charge in [0.1, 0.15) is 0 Å². The molecule has 11 heteroatoms. The molecule has 1 atom stereocenters. The van der Waals surface area contributed by atoms with Gasteiger partial charge in [-0.1, -0.05) is 6.07 Å². The fourth-order valence-corrected chi connectivity index (χ4v) is 6.29. The molecule has 173 valence electrons. The Balaban J connectivity index is 0.00000259. The summed E-state index contributed by atoms with van der Waals surface area (Å²) in [5, 5.41) is 7.03. The van der Waals surface area contributed by atoms with E-state index in [1.807, 2.05) is 7.05 Å². The van der Waals surface area contributed by atoms with Crippen molar-refractivity contribution in [2.24, 2.45) is 7.05 Å². The van der Waals surface area contributed by atoms with Gasteiger partial charge in [0.25, 0.3) is 0 Å². The number of rotatable bonds is 6. The van der Waals surface area contributed by atoms with Crippen LogP contribution >= 0.6 is 0 Å². The Bertz CT molecular complexity index is 1130. The fourth-order valence-electron chi connectivity index (χ4n) is 5.15. The summed E-state index contributed by atoms with van der Waals surface area (Å²) in [5.74, 6) is 0. The van der Waals surface area contributed by atoms with Crippen LogP contribution in [0.25, 0.3) is 0 Å². The Morgan fingerprint density at radius 3 is 2.33 bits per heavy atom. The zero-order chi connectivity index (χ0) is 22.5. The van der Waals surface area contributed by atoms with Gasteiger partial charge in [-0.05, 0) is 80.8 Å². The van der Waals surface area contributed by atoms with E-state index >= 15 is 0 Å². The van der Waals surface area contributed by atoms with Gasteiger partial charge < -0.3 is 10.2 Å². The van der Waals surface area contributed by atoms with Gasteiger partial charge in [0.2, 0.25) is 0 Å². The summed E-state index contributed by atoms with van der Waals surface area (Å²) in [6.07, 6.45) is 10.1. The van der Waals surface area contributed by atoms with E-state index in [-0.39, 0.29) is 42.1 Å². The number of likely N-dealkylation sites (N-methyl/N-ethyl adjacent to an activating group) is 1. The van der Waals surface area contributed by atoms with Gasteiger partial charge in [0.05, 0.1) is 18.4 Å². The first-order chi connectivity index (χ1) is 15.3.